The van der Waals surface area contributed by atoms with Crippen LogP contribution in [0.1, 0.15) is 22.5 Å². The van der Waals surface area contributed by atoms with Crippen molar-refractivity contribution in [2.75, 3.05) is 26.3 Å². The number of carbonyl (C=O) groups excluding carboxylic acids is 2. The van der Waals surface area contributed by atoms with Gasteiger partial charge < -0.3 is 21.1 Å². The van der Waals surface area contributed by atoms with Crippen LogP contribution in [0.25, 0.3) is 0 Å². The molecule has 0 spiro atoms. The van der Waals surface area contributed by atoms with Crippen molar-refractivity contribution in [2.24, 2.45) is 11.7 Å². The Labute approximate surface area is 128 Å². The SMILES string of the molecule is NC(C(=O)NCCNC(=O)c1cccs1)C1CCOCC1. The van der Waals surface area contributed by atoms with E-state index in [0.717, 1.165) is 12.8 Å². The van der Waals surface area contributed by atoms with Crippen LogP contribution in [0.5, 0.6) is 0 Å². The van der Waals surface area contributed by atoms with Crippen molar-refractivity contribution in [3.05, 3.63) is 22.4 Å². The number of hydrogen-bond donors (Lipinski definition) is 3. The van der Waals surface area contributed by atoms with Gasteiger partial charge in [-0.25, -0.2) is 0 Å². The van der Waals surface area contributed by atoms with Crippen LogP contribution in [0.15, 0.2) is 17.5 Å². The van der Waals surface area contributed by atoms with E-state index in [1.807, 2.05) is 11.4 Å². The summed E-state index contributed by atoms with van der Waals surface area (Å²) >= 11 is 1.39. The van der Waals surface area contributed by atoms with E-state index >= 15 is 0 Å². The van der Waals surface area contributed by atoms with Crippen LogP contribution in [0.3, 0.4) is 0 Å². The molecule has 1 aromatic rings. The van der Waals surface area contributed by atoms with Gasteiger partial charge in [-0.1, -0.05) is 6.07 Å². The molecule has 0 saturated carbocycles. The van der Waals surface area contributed by atoms with Crippen LogP contribution in [-0.4, -0.2) is 44.2 Å². The molecule has 2 amide bonds. The summed E-state index contributed by atoms with van der Waals surface area (Å²) < 4.78 is 5.26. The third-order valence-electron chi connectivity index (χ3n) is 3.53. The van der Waals surface area contributed by atoms with Crippen LogP contribution in [0.2, 0.25) is 0 Å². The Morgan fingerprint density at radius 1 is 1.33 bits per heavy atom. The second-order valence-electron chi connectivity index (χ2n) is 5.00. The zero-order valence-corrected chi connectivity index (χ0v) is 12.7. The molecule has 0 bridgehead atoms. The predicted octanol–water partition coefficient (Wildman–Crippen LogP) is 0.348. The lowest BCUT2D eigenvalue weighted by atomic mass is 9.92. The topological polar surface area (TPSA) is 93.5 Å². The second kappa shape index (κ2) is 8.11. The molecular formula is C14H21N3O3S. The quantitative estimate of drug-likeness (QED) is 0.661. The molecule has 7 heteroatoms. The Balaban J connectivity index is 1.63. The predicted molar refractivity (Wildman–Crippen MR) is 81.2 cm³/mol. The molecule has 116 valence electrons. The van der Waals surface area contributed by atoms with Gasteiger partial charge in [-0.3, -0.25) is 9.59 Å². The summed E-state index contributed by atoms with van der Waals surface area (Å²) in [6, 6.07) is 3.09. The molecule has 1 aromatic heterocycles. The highest BCUT2D eigenvalue weighted by molar-refractivity contribution is 7.12. The summed E-state index contributed by atoms with van der Waals surface area (Å²) in [5, 5.41) is 7.37. The number of thiophene rings is 1. The van der Waals surface area contributed by atoms with Crippen molar-refractivity contribution in [1.82, 2.24) is 10.6 Å². The first-order valence-corrected chi connectivity index (χ1v) is 7.99. The van der Waals surface area contributed by atoms with Crippen LogP contribution in [0, 0.1) is 5.92 Å². The van der Waals surface area contributed by atoms with Gasteiger partial charge >= 0.3 is 0 Å². The Kier molecular flexibility index (Phi) is 6.16. The highest BCUT2D eigenvalue weighted by Gasteiger charge is 2.26. The second-order valence-corrected chi connectivity index (χ2v) is 5.95. The molecule has 1 atom stereocenters. The van der Waals surface area contributed by atoms with Crippen molar-refractivity contribution < 1.29 is 14.3 Å². The monoisotopic (exact) mass is 311 g/mol. The third kappa shape index (κ3) is 4.80. The summed E-state index contributed by atoms with van der Waals surface area (Å²) in [4.78, 5) is 24.3. The van der Waals surface area contributed by atoms with Crippen molar-refractivity contribution in [2.45, 2.75) is 18.9 Å². The maximum Gasteiger partial charge on any atom is 0.261 e. The van der Waals surface area contributed by atoms with Gasteiger partial charge in [0.05, 0.1) is 10.9 Å². The summed E-state index contributed by atoms with van der Waals surface area (Å²) in [6.07, 6.45) is 1.65. The first-order valence-electron chi connectivity index (χ1n) is 7.11. The van der Waals surface area contributed by atoms with Gasteiger partial charge in [-0.2, -0.15) is 0 Å². The lowest BCUT2D eigenvalue weighted by molar-refractivity contribution is -0.124. The van der Waals surface area contributed by atoms with Gasteiger partial charge in [0.1, 0.15) is 0 Å². The number of ether oxygens (including phenoxy) is 1. The maximum atomic E-state index is 11.9. The summed E-state index contributed by atoms with van der Waals surface area (Å²) in [5.41, 5.74) is 5.96. The normalized spacial score (nSPS) is 17.2. The van der Waals surface area contributed by atoms with Gasteiger partial charge in [0, 0.05) is 26.3 Å². The van der Waals surface area contributed by atoms with Crippen LogP contribution in [-0.2, 0) is 9.53 Å². The standard InChI is InChI=1S/C14H21N3O3S/c15-12(10-3-7-20-8-4-10)14(19)17-6-5-16-13(18)11-2-1-9-21-11/h1-2,9-10,12H,3-8,15H2,(H,16,18)(H,17,19). The molecule has 2 heterocycles. The lowest BCUT2D eigenvalue weighted by Gasteiger charge is -2.26. The minimum absolute atomic E-state index is 0.118. The average molecular weight is 311 g/mol. The zero-order chi connectivity index (χ0) is 15.1. The fraction of sp³-hybridized carbons (Fsp3) is 0.571. The summed E-state index contributed by atoms with van der Waals surface area (Å²) in [7, 11) is 0. The highest BCUT2D eigenvalue weighted by Crippen LogP contribution is 2.17. The van der Waals surface area contributed by atoms with E-state index in [9.17, 15) is 9.59 Å². The minimum atomic E-state index is -0.498. The average Bonchev–Trinajstić information content (AvgIpc) is 3.05. The molecule has 1 unspecified atom stereocenters. The van der Waals surface area contributed by atoms with E-state index in [4.69, 9.17) is 10.5 Å². The first kappa shape index (κ1) is 15.9. The molecule has 2 rings (SSSR count). The maximum absolute atomic E-state index is 11.9. The van der Waals surface area contributed by atoms with Crippen LogP contribution >= 0.6 is 11.3 Å². The highest BCUT2D eigenvalue weighted by atomic mass is 32.1. The van der Waals surface area contributed by atoms with Crippen LogP contribution in [0.4, 0.5) is 0 Å². The molecule has 1 aliphatic heterocycles. The molecule has 0 radical (unpaired) electrons. The molecule has 4 N–H and O–H groups in total. The fourth-order valence-electron chi connectivity index (χ4n) is 2.26. The Hall–Kier alpha value is -1.44. The number of amides is 2. The fourth-order valence-corrected chi connectivity index (χ4v) is 2.90. The van der Waals surface area contributed by atoms with E-state index in [-0.39, 0.29) is 17.7 Å². The first-order chi connectivity index (χ1) is 10.2. The van der Waals surface area contributed by atoms with Gasteiger partial charge in [-0.05, 0) is 30.2 Å². The van der Waals surface area contributed by atoms with E-state index in [0.29, 0.717) is 31.2 Å². The van der Waals surface area contributed by atoms with E-state index in [1.54, 1.807) is 6.07 Å². The minimum Gasteiger partial charge on any atom is -0.381 e. The Bertz CT molecular complexity index is 458. The smallest absolute Gasteiger partial charge is 0.261 e. The van der Waals surface area contributed by atoms with Gasteiger partial charge in [0.25, 0.3) is 5.91 Å². The zero-order valence-electron chi connectivity index (χ0n) is 11.8. The number of nitrogens with two attached hydrogens (primary N) is 1. The lowest BCUT2D eigenvalue weighted by Crippen LogP contribution is -2.48. The van der Waals surface area contributed by atoms with E-state index in [1.165, 1.54) is 11.3 Å². The number of nitrogens with one attached hydrogen (secondary N) is 2. The third-order valence-corrected chi connectivity index (χ3v) is 4.40. The van der Waals surface area contributed by atoms with Crippen molar-refractivity contribution >= 4 is 23.2 Å². The molecular weight excluding hydrogens is 290 g/mol. The van der Waals surface area contributed by atoms with Crippen LogP contribution < -0.4 is 16.4 Å². The largest absolute Gasteiger partial charge is 0.381 e. The Morgan fingerprint density at radius 3 is 2.71 bits per heavy atom. The molecule has 1 fully saturated rings. The molecule has 1 saturated heterocycles. The number of hydrogen-bond acceptors (Lipinski definition) is 5. The number of carbonyl (C=O) groups is 2. The number of rotatable bonds is 6. The summed E-state index contributed by atoms with van der Waals surface area (Å²) in [6.45, 7) is 2.11. The van der Waals surface area contributed by atoms with Gasteiger partial charge in [0.2, 0.25) is 5.91 Å². The molecule has 0 aliphatic carbocycles. The van der Waals surface area contributed by atoms with Gasteiger partial charge in [-0.15, -0.1) is 11.3 Å². The van der Waals surface area contributed by atoms with Crippen molar-refractivity contribution in [1.29, 1.82) is 0 Å². The molecule has 1 aliphatic rings. The van der Waals surface area contributed by atoms with Crippen molar-refractivity contribution in [3.8, 4) is 0 Å². The summed E-state index contributed by atoms with van der Waals surface area (Å²) in [5.74, 6) is -0.0975. The molecule has 21 heavy (non-hydrogen) atoms. The van der Waals surface area contributed by atoms with E-state index < -0.39 is 6.04 Å². The van der Waals surface area contributed by atoms with E-state index in [2.05, 4.69) is 10.6 Å². The van der Waals surface area contributed by atoms with Crippen molar-refractivity contribution in [3.63, 3.8) is 0 Å². The molecule has 6 nitrogen and oxygen atoms in total. The molecule has 0 aromatic carbocycles. The Morgan fingerprint density at radius 2 is 2.05 bits per heavy atom. The van der Waals surface area contributed by atoms with Gasteiger partial charge in [0.15, 0.2) is 0 Å².